The molecular formula is C27H36N6O3S2. The van der Waals surface area contributed by atoms with E-state index >= 15 is 0 Å². The number of nitrogens with one attached hydrogen (secondary N) is 1. The fraction of sp³-hybridized carbons (Fsp3) is 0.556. The van der Waals surface area contributed by atoms with Crippen LogP contribution in [0.15, 0.2) is 51.2 Å². The molecule has 3 aliphatic rings. The van der Waals surface area contributed by atoms with Crippen LogP contribution in [0.25, 0.3) is 11.0 Å². The van der Waals surface area contributed by atoms with E-state index in [4.69, 9.17) is 9.73 Å². The van der Waals surface area contributed by atoms with E-state index in [0.717, 1.165) is 52.7 Å². The molecule has 0 unspecified atom stereocenters. The monoisotopic (exact) mass is 556 g/mol. The summed E-state index contributed by atoms with van der Waals surface area (Å²) in [4.78, 5) is 27.2. The summed E-state index contributed by atoms with van der Waals surface area (Å²) in [5, 5.41) is 1.04. The van der Waals surface area contributed by atoms with Gasteiger partial charge in [-0.1, -0.05) is 11.8 Å². The van der Waals surface area contributed by atoms with Crippen molar-refractivity contribution in [3.63, 3.8) is 0 Å². The fourth-order valence-corrected chi connectivity index (χ4v) is 7.51. The van der Waals surface area contributed by atoms with Gasteiger partial charge in [-0.2, -0.15) is 0 Å². The average Bonchev–Trinajstić information content (AvgIpc) is 3.40. The number of piperidine rings is 1. The highest BCUT2D eigenvalue weighted by atomic mass is 32.2. The molecule has 1 spiro atoms. The third-order valence-electron chi connectivity index (χ3n) is 7.81. The van der Waals surface area contributed by atoms with E-state index < -0.39 is 11.4 Å². The zero-order valence-corrected chi connectivity index (χ0v) is 24.5. The highest BCUT2D eigenvalue weighted by Gasteiger charge is 2.52. The Hall–Kier alpha value is -2.27. The molecule has 5 rings (SSSR count). The molecule has 2 aromatic heterocycles. The van der Waals surface area contributed by atoms with E-state index in [-0.39, 0.29) is 22.3 Å². The Bertz CT molecular complexity index is 1320. The lowest BCUT2D eigenvalue weighted by Gasteiger charge is -2.45. The van der Waals surface area contributed by atoms with E-state index in [1.165, 1.54) is 11.8 Å². The van der Waals surface area contributed by atoms with E-state index in [1.807, 2.05) is 62.7 Å². The number of carbonyl (C=O) groups excluding carboxylic acids is 1. The molecule has 204 valence electrons. The number of aryl methyl sites for hydroxylation is 1. The van der Waals surface area contributed by atoms with Gasteiger partial charge in [-0.05, 0) is 52.7 Å². The molecule has 0 radical (unpaired) electrons. The van der Waals surface area contributed by atoms with E-state index in [0.29, 0.717) is 12.3 Å². The van der Waals surface area contributed by atoms with Gasteiger partial charge in [-0.25, -0.2) is 14.8 Å². The Balaban J connectivity index is 1.33. The average molecular weight is 557 g/mol. The van der Waals surface area contributed by atoms with Gasteiger partial charge < -0.3 is 23.7 Å². The number of aromatic nitrogens is 2. The van der Waals surface area contributed by atoms with Crippen molar-refractivity contribution < 1.29 is 14.1 Å². The minimum atomic E-state index is -1.17. The van der Waals surface area contributed by atoms with Gasteiger partial charge in [0, 0.05) is 72.8 Å². The van der Waals surface area contributed by atoms with Crippen molar-refractivity contribution in [3.05, 3.63) is 41.3 Å². The lowest BCUT2D eigenvalue weighted by Crippen LogP contribution is -2.58. The van der Waals surface area contributed by atoms with E-state index in [2.05, 4.69) is 27.5 Å². The molecule has 5 heterocycles. The molecule has 9 nitrogen and oxygen atoms in total. The molecule has 3 atom stereocenters. The van der Waals surface area contributed by atoms with Crippen LogP contribution in [0.2, 0.25) is 0 Å². The van der Waals surface area contributed by atoms with Gasteiger partial charge in [0.2, 0.25) is 5.96 Å². The standard InChI is InChI=1S/C27H36N6O3S2/c1-18-23(30-38(35)26(2,3)4)27(17-36-18)9-13-33(14-10-27)25-29-15-22(20(16-34)32(25)6)37-21-7-11-28-24-19(21)8-12-31(24)5/h7-8,11-12,15,18,23,30H,9-10,13-14,17H2,1-6H3/t18-,23+,38+/m0/s1. The van der Waals surface area contributed by atoms with Gasteiger partial charge in [0.1, 0.15) is 16.1 Å². The van der Waals surface area contributed by atoms with Crippen molar-refractivity contribution >= 4 is 46.1 Å². The maximum atomic E-state index is 12.9. The van der Waals surface area contributed by atoms with Crippen molar-refractivity contribution in [2.24, 2.45) is 17.5 Å². The number of nitrogens with zero attached hydrogens (tertiary/aromatic N) is 5. The van der Waals surface area contributed by atoms with Crippen LogP contribution in [0.1, 0.15) is 40.5 Å². The molecule has 0 saturated carbocycles. The number of fused-ring (bicyclic) bond motifs is 1. The lowest BCUT2D eigenvalue weighted by molar-refractivity contribution is 0.0820. The third-order valence-corrected chi connectivity index (χ3v) is 10.5. The van der Waals surface area contributed by atoms with Crippen LogP contribution in [0.3, 0.4) is 0 Å². The molecule has 2 aromatic rings. The first-order valence-electron chi connectivity index (χ1n) is 12.9. The first kappa shape index (κ1) is 27.3. The number of likely N-dealkylation sites (tertiary alicyclic amines) is 1. The quantitative estimate of drug-likeness (QED) is 0.452. The topological polar surface area (TPSA) is 98.0 Å². The number of pyridine rings is 1. The number of aliphatic imine (C=N–C) groups is 1. The predicted octanol–water partition coefficient (Wildman–Crippen LogP) is 3.45. The Labute approximate surface area is 231 Å². The van der Waals surface area contributed by atoms with Gasteiger partial charge in [-0.15, -0.1) is 4.72 Å². The second-order valence-corrected chi connectivity index (χ2v) is 14.4. The molecule has 0 aliphatic carbocycles. The van der Waals surface area contributed by atoms with Crippen LogP contribution in [-0.2, 0) is 27.9 Å². The maximum Gasteiger partial charge on any atom is 0.206 e. The van der Waals surface area contributed by atoms with Crippen molar-refractivity contribution in [1.82, 2.24) is 24.1 Å². The van der Waals surface area contributed by atoms with Crippen molar-refractivity contribution in [3.8, 4) is 0 Å². The second-order valence-electron chi connectivity index (χ2n) is 11.3. The maximum absolute atomic E-state index is 12.9. The number of hydrogen-bond donors (Lipinski definition) is 1. The normalized spacial score (nSPS) is 24.6. The highest BCUT2D eigenvalue weighted by molar-refractivity contribution is 8.03. The predicted molar refractivity (Wildman–Crippen MR) is 153 cm³/mol. The largest absolute Gasteiger partial charge is 0.598 e. The minimum Gasteiger partial charge on any atom is -0.598 e. The number of hydrogen-bond acceptors (Lipinski definition) is 9. The van der Waals surface area contributed by atoms with Crippen LogP contribution in [0, 0.1) is 5.41 Å². The van der Waals surface area contributed by atoms with Gasteiger partial charge in [0.15, 0.2) is 5.94 Å². The summed E-state index contributed by atoms with van der Waals surface area (Å²) < 4.78 is 24.0. The zero-order chi connectivity index (χ0) is 27.2. The summed E-state index contributed by atoms with van der Waals surface area (Å²) in [5.74, 6) is 2.90. The van der Waals surface area contributed by atoms with E-state index in [1.54, 1.807) is 12.4 Å². The van der Waals surface area contributed by atoms with Gasteiger partial charge in [0.25, 0.3) is 0 Å². The first-order valence-corrected chi connectivity index (χ1v) is 14.9. The Kier molecular flexibility index (Phi) is 7.45. The smallest absolute Gasteiger partial charge is 0.206 e. The summed E-state index contributed by atoms with van der Waals surface area (Å²) in [5.41, 5.74) is 1.29. The van der Waals surface area contributed by atoms with Crippen molar-refractivity contribution in [2.75, 3.05) is 26.7 Å². The van der Waals surface area contributed by atoms with E-state index in [9.17, 15) is 9.35 Å². The lowest BCUT2D eigenvalue weighted by atomic mass is 9.73. The van der Waals surface area contributed by atoms with Crippen LogP contribution >= 0.6 is 11.8 Å². The Morgan fingerprint density at radius 2 is 2.00 bits per heavy atom. The summed E-state index contributed by atoms with van der Waals surface area (Å²) in [6, 6.07) is 4.02. The molecule has 0 amide bonds. The van der Waals surface area contributed by atoms with Crippen molar-refractivity contribution in [1.29, 1.82) is 0 Å². The molecule has 3 aliphatic heterocycles. The summed E-state index contributed by atoms with van der Waals surface area (Å²) >= 11 is 0.337. The Morgan fingerprint density at radius 1 is 1.26 bits per heavy atom. The SMILES string of the molecule is C[C@@H]1OCC2(CCN(C3=NC=C(Sc4ccnc5c4ccn5C)C(=C=O)N3C)CC2)[C@@H]1N[S@+]([O-])C(C)(C)C. The number of likely N-dealkylation sites (N-methyl/N-ethyl adjacent to an activating group) is 1. The summed E-state index contributed by atoms with van der Waals surface area (Å²) in [7, 11) is 3.84. The summed E-state index contributed by atoms with van der Waals surface area (Å²) in [6.45, 7) is 10.2. The number of guanidine groups is 1. The van der Waals surface area contributed by atoms with Crippen LogP contribution in [0.4, 0.5) is 0 Å². The molecule has 11 heteroatoms. The van der Waals surface area contributed by atoms with Gasteiger partial charge >= 0.3 is 0 Å². The number of thioether (sulfide) groups is 1. The van der Waals surface area contributed by atoms with Gasteiger partial charge in [0.05, 0.1) is 23.7 Å². The second kappa shape index (κ2) is 10.4. The molecule has 2 saturated heterocycles. The van der Waals surface area contributed by atoms with Crippen LogP contribution in [-0.4, -0.2) is 79.4 Å². The highest BCUT2D eigenvalue weighted by Crippen LogP contribution is 2.44. The molecule has 2 fully saturated rings. The molecular weight excluding hydrogens is 520 g/mol. The fourth-order valence-electron chi connectivity index (χ4n) is 5.47. The third kappa shape index (κ3) is 4.92. The van der Waals surface area contributed by atoms with Crippen LogP contribution < -0.4 is 4.72 Å². The number of ether oxygens (including phenoxy) is 1. The molecule has 38 heavy (non-hydrogen) atoms. The zero-order valence-electron chi connectivity index (χ0n) is 22.9. The van der Waals surface area contributed by atoms with Crippen molar-refractivity contribution in [2.45, 2.75) is 62.3 Å². The minimum absolute atomic E-state index is 0.000993. The first-order chi connectivity index (χ1) is 18.0. The van der Waals surface area contributed by atoms with Gasteiger partial charge in [-0.3, -0.25) is 0 Å². The molecule has 1 N–H and O–H groups in total. The molecule has 0 aromatic carbocycles. The number of rotatable bonds is 4. The summed E-state index contributed by atoms with van der Waals surface area (Å²) in [6.07, 6.45) is 7.31. The van der Waals surface area contributed by atoms with Crippen LogP contribution in [0.5, 0.6) is 0 Å². The Morgan fingerprint density at radius 3 is 2.68 bits per heavy atom. The molecule has 0 bridgehead atoms.